The van der Waals surface area contributed by atoms with Crippen LogP contribution in [0, 0.1) is 0 Å². The van der Waals surface area contributed by atoms with Crippen LogP contribution in [0.5, 0.6) is 0 Å². The van der Waals surface area contributed by atoms with E-state index in [1.165, 1.54) is 6.08 Å². The smallest absolute Gasteiger partial charge is 0.338 e. The summed E-state index contributed by atoms with van der Waals surface area (Å²) in [6, 6.07) is 6.68. The van der Waals surface area contributed by atoms with Crippen LogP contribution in [0.25, 0.3) is 6.08 Å². The summed E-state index contributed by atoms with van der Waals surface area (Å²) < 4.78 is 4.92. The predicted octanol–water partition coefficient (Wildman–Crippen LogP) is 1.66. The molecule has 1 aliphatic heterocycles. The number of amides is 2. The van der Waals surface area contributed by atoms with Crippen LogP contribution in [0.2, 0.25) is 0 Å². The van der Waals surface area contributed by atoms with Gasteiger partial charge >= 0.3 is 5.97 Å². The van der Waals surface area contributed by atoms with Gasteiger partial charge in [0.15, 0.2) is 0 Å². The molecular weight excluding hydrogens is 308 g/mol. The zero-order valence-corrected chi connectivity index (χ0v) is 13.7. The molecule has 0 radical (unpaired) electrons. The molecule has 128 valence electrons. The van der Waals surface area contributed by atoms with E-state index >= 15 is 0 Å². The molecule has 0 bridgehead atoms. The normalized spacial score (nSPS) is 17.9. The van der Waals surface area contributed by atoms with Crippen LogP contribution in [0.1, 0.15) is 42.1 Å². The lowest BCUT2D eigenvalue weighted by molar-refractivity contribution is -0.121. The van der Waals surface area contributed by atoms with E-state index in [1.807, 2.05) is 0 Å². The van der Waals surface area contributed by atoms with Gasteiger partial charge in [-0.05, 0) is 43.5 Å². The standard InChI is InChI=1S/C18H22N2O4/c1-2-24-18(23)14-8-5-13(6-9-14)7-10-16(21)20-15-4-3-11-19-17(22)12-15/h5-10,15H,2-4,11-12H2,1H3,(H,19,22)(H,20,21). The summed E-state index contributed by atoms with van der Waals surface area (Å²) in [6.45, 7) is 2.75. The first-order valence-corrected chi connectivity index (χ1v) is 8.11. The molecule has 0 saturated carbocycles. The molecule has 1 fully saturated rings. The van der Waals surface area contributed by atoms with Crippen molar-refractivity contribution in [2.45, 2.75) is 32.2 Å². The first-order valence-electron chi connectivity index (χ1n) is 8.11. The predicted molar refractivity (Wildman–Crippen MR) is 90.2 cm³/mol. The van der Waals surface area contributed by atoms with Gasteiger partial charge in [0.2, 0.25) is 11.8 Å². The van der Waals surface area contributed by atoms with Gasteiger partial charge in [-0.2, -0.15) is 0 Å². The molecule has 0 aromatic heterocycles. The van der Waals surface area contributed by atoms with Gasteiger partial charge in [-0.1, -0.05) is 12.1 Å². The fourth-order valence-electron chi connectivity index (χ4n) is 2.46. The van der Waals surface area contributed by atoms with Crippen LogP contribution >= 0.6 is 0 Å². The monoisotopic (exact) mass is 330 g/mol. The molecular formula is C18H22N2O4. The second kappa shape index (κ2) is 8.86. The van der Waals surface area contributed by atoms with Crippen molar-refractivity contribution in [3.8, 4) is 0 Å². The fraction of sp³-hybridized carbons (Fsp3) is 0.389. The second-order valence-corrected chi connectivity index (χ2v) is 5.58. The maximum absolute atomic E-state index is 12.0. The van der Waals surface area contributed by atoms with Crippen molar-refractivity contribution in [2.75, 3.05) is 13.2 Å². The Morgan fingerprint density at radius 2 is 2.08 bits per heavy atom. The van der Waals surface area contributed by atoms with Crippen LogP contribution < -0.4 is 10.6 Å². The van der Waals surface area contributed by atoms with E-state index in [0.29, 0.717) is 25.1 Å². The zero-order valence-electron chi connectivity index (χ0n) is 13.7. The Labute approximate surface area is 141 Å². The molecule has 1 heterocycles. The molecule has 2 amide bonds. The molecule has 2 N–H and O–H groups in total. The molecule has 1 aromatic rings. The van der Waals surface area contributed by atoms with Gasteiger partial charge < -0.3 is 15.4 Å². The van der Waals surface area contributed by atoms with E-state index in [4.69, 9.17) is 4.74 Å². The molecule has 6 nitrogen and oxygen atoms in total. The highest BCUT2D eigenvalue weighted by Gasteiger charge is 2.18. The largest absolute Gasteiger partial charge is 0.462 e. The molecule has 2 rings (SSSR count). The van der Waals surface area contributed by atoms with Crippen molar-refractivity contribution in [2.24, 2.45) is 0 Å². The zero-order chi connectivity index (χ0) is 17.4. The summed E-state index contributed by atoms with van der Waals surface area (Å²) >= 11 is 0. The van der Waals surface area contributed by atoms with Crippen LogP contribution in [0.15, 0.2) is 30.3 Å². The quantitative estimate of drug-likeness (QED) is 0.635. The van der Waals surface area contributed by atoms with Gasteiger partial charge in [0.05, 0.1) is 12.2 Å². The van der Waals surface area contributed by atoms with Crippen LogP contribution in [0.4, 0.5) is 0 Å². The first kappa shape index (κ1) is 17.7. The Balaban J connectivity index is 1.88. The molecule has 1 aromatic carbocycles. The van der Waals surface area contributed by atoms with Gasteiger partial charge in [0.25, 0.3) is 0 Å². The number of benzene rings is 1. The number of hydrogen-bond acceptors (Lipinski definition) is 4. The number of rotatable bonds is 5. The molecule has 1 atom stereocenters. The van der Waals surface area contributed by atoms with Crippen molar-refractivity contribution in [3.63, 3.8) is 0 Å². The van der Waals surface area contributed by atoms with E-state index in [9.17, 15) is 14.4 Å². The number of carbonyl (C=O) groups is 3. The number of carbonyl (C=O) groups excluding carboxylic acids is 3. The maximum atomic E-state index is 12.0. The van der Waals surface area contributed by atoms with Crippen LogP contribution in [0.3, 0.4) is 0 Å². The average Bonchev–Trinajstić information content (AvgIpc) is 2.77. The lowest BCUT2D eigenvalue weighted by atomic mass is 10.1. The third-order valence-corrected chi connectivity index (χ3v) is 3.68. The van der Waals surface area contributed by atoms with E-state index < -0.39 is 0 Å². The summed E-state index contributed by atoms with van der Waals surface area (Å²) in [5.41, 5.74) is 1.28. The van der Waals surface area contributed by atoms with E-state index in [1.54, 1.807) is 37.3 Å². The minimum absolute atomic E-state index is 0.0312. The van der Waals surface area contributed by atoms with Gasteiger partial charge in [-0.3, -0.25) is 9.59 Å². The van der Waals surface area contributed by atoms with E-state index in [2.05, 4.69) is 10.6 Å². The summed E-state index contributed by atoms with van der Waals surface area (Å²) in [7, 11) is 0. The minimum atomic E-state index is -0.364. The number of ether oxygens (including phenoxy) is 1. The fourth-order valence-corrected chi connectivity index (χ4v) is 2.46. The first-order chi connectivity index (χ1) is 11.6. The number of hydrogen-bond donors (Lipinski definition) is 2. The Morgan fingerprint density at radius 1 is 1.33 bits per heavy atom. The second-order valence-electron chi connectivity index (χ2n) is 5.58. The lowest BCUT2D eigenvalue weighted by Crippen LogP contribution is -2.35. The van der Waals surface area contributed by atoms with E-state index in [0.717, 1.165) is 18.4 Å². The van der Waals surface area contributed by atoms with Crippen LogP contribution in [-0.2, 0) is 14.3 Å². The average molecular weight is 330 g/mol. The maximum Gasteiger partial charge on any atom is 0.338 e. The van der Waals surface area contributed by atoms with Gasteiger partial charge in [-0.25, -0.2) is 4.79 Å². The highest BCUT2D eigenvalue weighted by Crippen LogP contribution is 2.09. The molecule has 24 heavy (non-hydrogen) atoms. The van der Waals surface area contributed by atoms with Crippen molar-refractivity contribution >= 4 is 23.9 Å². The molecule has 0 aliphatic carbocycles. The van der Waals surface area contributed by atoms with Crippen molar-refractivity contribution in [1.82, 2.24) is 10.6 Å². The Bertz CT molecular complexity index is 622. The molecule has 1 saturated heterocycles. The molecule has 1 unspecified atom stereocenters. The highest BCUT2D eigenvalue weighted by molar-refractivity contribution is 5.93. The van der Waals surface area contributed by atoms with Gasteiger partial charge in [0.1, 0.15) is 0 Å². The third kappa shape index (κ3) is 5.53. The topological polar surface area (TPSA) is 84.5 Å². The number of esters is 1. The molecule has 0 spiro atoms. The van der Waals surface area contributed by atoms with Crippen molar-refractivity contribution < 1.29 is 19.1 Å². The molecule has 6 heteroatoms. The van der Waals surface area contributed by atoms with Crippen molar-refractivity contribution in [3.05, 3.63) is 41.5 Å². The third-order valence-electron chi connectivity index (χ3n) is 3.68. The van der Waals surface area contributed by atoms with Crippen molar-refractivity contribution in [1.29, 1.82) is 0 Å². The summed E-state index contributed by atoms with van der Waals surface area (Å²) in [5.74, 6) is -0.627. The summed E-state index contributed by atoms with van der Waals surface area (Å²) in [5, 5.41) is 5.63. The summed E-state index contributed by atoms with van der Waals surface area (Å²) in [6.07, 6.45) is 5.05. The van der Waals surface area contributed by atoms with Gasteiger partial charge in [0, 0.05) is 25.1 Å². The summed E-state index contributed by atoms with van der Waals surface area (Å²) in [4.78, 5) is 35.0. The molecule has 1 aliphatic rings. The highest BCUT2D eigenvalue weighted by atomic mass is 16.5. The SMILES string of the molecule is CCOC(=O)c1ccc(C=CC(=O)NC2CCCNC(=O)C2)cc1. The Kier molecular flexibility index (Phi) is 6.54. The lowest BCUT2D eigenvalue weighted by Gasteiger charge is -2.13. The van der Waals surface area contributed by atoms with Gasteiger partial charge in [-0.15, -0.1) is 0 Å². The Hall–Kier alpha value is -2.63. The minimum Gasteiger partial charge on any atom is -0.462 e. The van der Waals surface area contributed by atoms with E-state index in [-0.39, 0.29) is 23.8 Å². The Morgan fingerprint density at radius 3 is 2.79 bits per heavy atom. The number of nitrogens with one attached hydrogen (secondary N) is 2. The van der Waals surface area contributed by atoms with Crippen LogP contribution in [-0.4, -0.2) is 37.0 Å².